The van der Waals surface area contributed by atoms with Crippen molar-refractivity contribution in [2.24, 2.45) is 5.84 Å². The van der Waals surface area contributed by atoms with Gasteiger partial charge in [0.05, 0.1) is 6.33 Å². The maximum Gasteiger partial charge on any atom is 0.253 e. The Labute approximate surface area is 80.7 Å². The molecule has 14 heavy (non-hydrogen) atoms. The van der Waals surface area contributed by atoms with Gasteiger partial charge in [-0.2, -0.15) is 0 Å². The summed E-state index contributed by atoms with van der Waals surface area (Å²) in [5, 5.41) is 0. The summed E-state index contributed by atoms with van der Waals surface area (Å²) >= 11 is 0. The van der Waals surface area contributed by atoms with Crippen molar-refractivity contribution in [1.29, 1.82) is 0 Å². The van der Waals surface area contributed by atoms with Crippen LogP contribution >= 0.6 is 0 Å². The molecule has 0 unspecified atom stereocenters. The van der Waals surface area contributed by atoms with Crippen LogP contribution in [0.15, 0.2) is 17.2 Å². The first-order valence-corrected chi connectivity index (χ1v) is 4.22. The number of aromatic nitrogens is 2. The van der Waals surface area contributed by atoms with Crippen LogP contribution < -0.4 is 16.8 Å². The lowest BCUT2D eigenvalue weighted by Gasteiger charge is -2.03. The molecule has 6 nitrogen and oxygen atoms in total. The zero-order valence-corrected chi connectivity index (χ0v) is 7.86. The lowest BCUT2D eigenvalue weighted by molar-refractivity contribution is -0.121. The molecule has 0 spiro atoms. The molecule has 1 rings (SSSR count). The SMILES string of the molecule is CCc1cc(=O)n(CC(=O)NN)cn1. The van der Waals surface area contributed by atoms with Crippen molar-refractivity contribution in [1.82, 2.24) is 15.0 Å². The summed E-state index contributed by atoms with van der Waals surface area (Å²) in [6.07, 6.45) is 2.04. The Kier molecular flexibility index (Phi) is 3.35. The second-order valence-electron chi connectivity index (χ2n) is 2.77. The van der Waals surface area contributed by atoms with E-state index >= 15 is 0 Å². The highest BCUT2D eigenvalue weighted by atomic mass is 16.2. The lowest BCUT2D eigenvalue weighted by Crippen LogP contribution is -2.36. The number of hydrogen-bond acceptors (Lipinski definition) is 4. The van der Waals surface area contributed by atoms with E-state index in [9.17, 15) is 9.59 Å². The van der Waals surface area contributed by atoms with Crippen molar-refractivity contribution in [2.75, 3.05) is 0 Å². The first kappa shape index (κ1) is 10.4. The number of nitrogens with one attached hydrogen (secondary N) is 1. The van der Waals surface area contributed by atoms with Gasteiger partial charge in [0.1, 0.15) is 6.54 Å². The number of carbonyl (C=O) groups excluding carboxylic acids is 1. The predicted octanol–water partition coefficient (Wildman–Crippen LogP) is -1.20. The quantitative estimate of drug-likeness (QED) is 0.361. The smallest absolute Gasteiger partial charge is 0.253 e. The van der Waals surface area contributed by atoms with Crippen LogP contribution in [0.5, 0.6) is 0 Å². The van der Waals surface area contributed by atoms with Gasteiger partial charge in [0.2, 0.25) is 0 Å². The number of aryl methyl sites for hydroxylation is 1. The van der Waals surface area contributed by atoms with Gasteiger partial charge in [0, 0.05) is 11.8 Å². The molecule has 0 fully saturated rings. The molecule has 1 amide bonds. The molecule has 1 aromatic heterocycles. The van der Waals surface area contributed by atoms with Gasteiger partial charge in [-0.25, -0.2) is 10.8 Å². The zero-order chi connectivity index (χ0) is 10.6. The number of hydrogen-bond donors (Lipinski definition) is 2. The Hall–Kier alpha value is -1.69. The lowest BCUT2D eigenvalue weighted by atomic mass is 10.3. The number of carbonyl (C=O) groups is 1. The molecule has 0 aliphatic carbocycles. The van der Waals surface area contributed by atoms with Crippen LogP contribution in [0.3, 0.4) is 0 Å². The van der Waals surface area contributed by atoms with Crippen LogP contribution in [0.25, 0.3) is 0 Å². The van der Waals surface area contributed by atoms with Gasteiger partial charge in [0.25, 0.3) is 11.5 Å². The van der Waals surface area contributed by atoms with Crippen molar-refractivity contribution in [2.45, 2.75) is 19.9 Å². The van der Waals surface area contributed by atoms with Gasteiger partial charge in [-0.1, -0.05) is 6.92 Å². The number of hydrazine groups is 1. The summed E-state index contributed by atoms with van der Waals surface area (Å²) in [6.45, 7) is 1.80. The molecule has 0 atom stereocenters. The molecule has 0 radical (unpaired) electrons. The molecular weight excluding hydrogens is 184 g/mol. The third-order valence-corrected chi connectivity index (χ3v) is 1.77. The molecule has 1 aromatic rings. The predicted molar refractivity (Wildman–Crippen MR) is 50.2 cm³/mol. The average molecular weight is 196 g/mol. The Morgan fingerprint density at radius 1 is 1.71 bits per heavy atom. The van der Waals surface area contributed by atoms with Crippen LogP contribution in [-0.2, 0) is 17.8 Å². The van der Waals surface area contributed by atoms with E-state index < -0.39 is 5.91 Å². The van der Waals surface area contributed by atoms with Crippen LogP contribution in [0, 0.1) is 0 Å². The summed E-state index contributed by atoms with van der Waals surface area (Å²) in [6, 6.07) is 1.41. The summed E-state index contributed by atoms with van der Waals surface area (Å²) < 4.78 is 1.20. The van der Waals surface area contributed by atoms with Crippen molar-refractivity contribution >= 4 is 5.91 Å². The van der Waals surface area contributed by atoms with Gasteiger partial charge in [-0.05, 0) is 6.42 Å². The Morgan fingerprint density at radius 2 is 2.43 bits per heavy atom. The maximum absolute atomic E-state index is 11.4. The average Bonchev–Trinajstić information content (AvgIpc) is 2.20. The standard InChI is InChI=1S/C8H12N4O2/c1-2-6-3-8(14)12(5-10-6)4-7(13)11-9/h3,5H,2,4,9H2,1H3,(H,11,13). The van der Waals surface area contributed by atoms with Crippen LogP contribution in [0.1, 0.15) is 12.6 Å². The third-order valence-electron chi connectivity index (χ3n) is 1.77. The second kappa shape index (κ2) is 4.52. The molecule has 0 bridgehead atoms. The fourth-order valence-corrected chi connectivity index (χ4v) is 0.976. The van der Waals surface area contributed by atoms with Gasteiger partial charge in [-0.15, -0.1) is 0 Å². The topological polar surface area (TPSA) is 90.0 Å². The highest BCUT2D eigenvalue weighted by molar-refractivity contribution is 5.74. The van der Waals surface area contributed by atoms with E-state index in [0.29, 0.717) is 12.1 Å². The molecule has 0 aromatic carbocycles. The molecular formula is C8H12N4O2. The largest absolute Gasteiger partial charge is 0.293 e. The molecule has 76 valence electrons. The first-order chi connectivity index (χ1) is 6.67. The Morgan fingerprint density at radius 3 is 2.93 bits per heavy atom. The van der Waals surface area contributed by atoms with E-state index in [1.807, 2.05) is 12.3 Å². The third kappa shape index (κ3) is 2.40. The number of rotatable bonds is 3. The minimum absolute atomic E-state index is 0.105. The van der Waals surface area contributed by atoms with Crippen molar-refractivity contribution in [3.63, 3.8) is 0 Å². The molecule has 0 saturated heterocycles. The van der Waals surface area contributed by atoms with Gasteiger partial charge in [0.15, 0.2) is 0 Å². The maximum atomic E-state index is 11.4. The van der Waals surface area contributed by atoms with Crippen LogP contribution in [0.4, 0.5) is 0 Å². The highest BCUT2D eigenvalue weighted by Crippen LogP contribution is 1.89. The first-order valence-electron chi connectivity index (χ1n) is 4.22. The van der Waals surface area contributed by atoms with E-state index in [1.54, 1.807) is 0 Å². The molecule has 1 heterocycles. The minimum atomic E-state index is -0.432. The Bertz CT molecular complexity index is 385. The fraction of sp³-hybridized carbons (Fsp3) is 0.375. The zero-order valence-electron chi connectivity index (χ0n) is 7.86. The van der Waals surface area contributed by atoms with Crippen LogP contribution in [0.2, 0.25) is 0 Å². The number of amides is 1. The monoisotopic (exact) mass is 196 g/mol. The van der Waals surface area contributed by atoms with E-state index in [1.165, 1.54) is 17.0 Å². The van der Waals surface area contributed by atoms with Gasteiger partial charge < -0.3 is 0 Å². The molecule has 0 aliphatic heterocycles. The van der Waals surface area contributed by atoms with Crippen molar-refractivity contribution in [3.05, 3.63) is 28.4 Å². The molecule has 0 aliphatic rings. The van der Waals surface area contributed by atoms with Gasteiger partial charge in [-0.3, -0.25) is 19.6 Å². The minimum Gasteiger partial charge on any atom is -0.293 e. The number of nitrogens with two attached hydrogens (primary N) is 1. The molecule has 0 saturated carbocycles. The van der Waals surface area contributed by atoms with Crippen molar-refractivity contribution in [3.8, 4) is 0 Å². The molecule has 3 N–H and O–H groups in total. The summed E-state index contributed by atoms with van der Waals surface area (Å²) in [5.41, 5.74) is 2.40. The summed E-state index contributed by atoms with van der Waals surface area (Å²) in [5.74, 6) is 4.46. The number of nitrogens with zero attached hydrogens (tertiary/aromatic N) is 2. The highest BCUT2D eigenvalue weighted by Gasteiger charge is 2.02. The van der Waals surface area contributed by atoms with Crippen molar-refractivity contribution < 1.29 is 4.79 Å². The summed E-state index contributed by atoms with van der Waals surface area (Å²) in [4.78, 5) is 26.2. The van der Waals surface area contributed by atoms with Crippen LogP contribution in [-0.4, -0.2) is 15.5 Å². The van der Waals surface area contributed by atoms with E-state index in [2.05, 4.69) is 4.98 Å². The summed E-state index contributed by atoms with van der Waals surface area (Å²) in [7, 11) is 0. The van der Waals surface area contributed by atoms with E-state index in [-0.39, 0.29) is 12.1 Å². The van der Waals surface area contributed by atoms with Gasteiger partial charge >= 0.3 is 0 Å². The normalized spacial score (nSPS) is 9.86. The Balaban J connectivity index is 2.89. The fourth-order valence-electron chi connectivity index (χ4n) is 0.976. The van der Waals surface area contributed by atoms with E-state index in [0.717, 1.165) is 0 Å². The van der Waals surface area contributed by atoms with E-state index in [4.69, 9.17) is 5.84 Å². The molecule has 6 heteroatoms. The second-order valence-corrected chi connectivity index (χ2v) is 2.77.